The minimum absolute atomic E-state index is 0.109. The van der Waals surface area contributed by atoms with Gasteiger partial charge in [-0.2, -0.15) is 13.2 Å². The summed E-state index contributed by atoms with van der Waals surface area (Å²) in [5.74, 6) is 0.189. The van der Waals surface area contributed by atoms with E-state index in [1.807, 2.05) is 0 Å². The number of rotatable bonds is 2. The summed E-state index contributed by atoms with van der Waals surface area (Å²) in [6, 6.07) is 0. The average molecular weight is 313 g/mol. The van der Waals surface area contributed by atoms with Crippen molar-refractivity contribution in [1.82, 2.24) is 9.97 Å². The summed E-state index contributed by atoms with van der Waals surface area (Å²) >= 11 is 8.17. The maximum atomic E-state index is 12.2. The average Bonchev–Trinajstić information content (AvgIpc) is 2.91. The number of hydrogen-bond acceptors (Lipinski definition) is 2. The molecule has 1 aliphatic rings. The van der Waals surface area contributed by atoms with E-state index in [4.69, 9.17) is 12.2 Å². The zero-order chi connectivity index (χ0) is 11.9. The molecule has 1 saturated carbocycles. The Morgan fingerprint density at radius 3 is 2.56 bits per heavy atom. The smallest absolute Gasteiger partial charge is 0.346 e. The molecule has 2 nitrogen and oxygen atoms in total. The number of aromatic amines is 1. The van der Waals surface area contributed by atoms with Crippen molar-refractivity contribution in [2.45, 2.75) is 31.4 Å². The van der Waals surface area contributed by atoms with Crippen LogP contribution >= 0.6 is 28.1 Å². The van der Waals surface area contributed by atoms with E-state index in [0.29, 0.717) is 10.4 Å². The van der Waals surface area contributed by atoms with Gasteiger partial charge in [0.1, 0.15) is 16.9 Å². The van der Waals surface area contributed by atoms with Gasteiger partial charge < -0.3 is 4.98 Å². The molecular formula is C9H8BrF3N2S. The highest BCUT2D eigenvalue weighted by Crippen LogP contribution is 2.42. The highest BCUT2D eigenvalue weighted by Gasteiger charge is 2.31. The molecule has 88 valence electrons. The van der Waals surface area contributed by atoms with Crippen molar-refractivity contribution in [3.8, 4) is 0 Å². The van der Waals surface area contributed by atoms with Crippen LogP contribution in [0.5, 0.6) is 0 Å². The predicted molar refractivity (Wildman–Crippen MR) is 58.9 cm³/mol. The standard InChI is InChI=1S/C9H8BrF3N2S/c10-6-7(4-1-2-4)14-5(15-8(6)16)3-9(11,12)13/h4H,1-3H2,(H,14,15,16). The molecule has 1 N–H and O–H groups in total. The van der Waals surface area contributed by atoms with Gasteiger partial charge in [0, 0.05) is 11.6 Å². The fourth-order valence-electron chi connectivity index (χ4n) is 1.45. The molecule has 0 spiro atoms. The summed E-state index contributed by atoms with van der Waals surface area (Å²) in [5.41, 5.74) is 0.749. The quantitative estimate of drug-likeness (QED) is 0.839. The van der Waals surface area contributed by atoms with Crippen molar-refractivity contribution in [1.29, 1.82) is 0 Å². The van der Waals surface area contributed by atoms with Crippen LogP contribution in [0.2, 0.25) is 0 Å². The van der Waals surface area contributed by atoms with Crippen LogP contribution in [-0.4, -0.2) is 16.1 Å². The first-order valence-corrected chi connectivity index (χ1v) is 5.92. The molecule has 7 heteroatoms. The van der Waals surface area contributed by atoms with E-state index in [1.54, 1.807) is 0 Å². The molecule has 1 aromatic heterocycles. The molecule has 0 atom stereocenters. The molecule has 0 unspecified atom stereocenters. The Balaban J connectivity index is 2.37. The number of halogens is 4. The van der Waals surface area contributed by atoms with Crippen LogP contribution in [0.1, 0.15) is 30.3 Å². The first kappa shape index (κ1) is 12.0. The van der Waals surface area contributed by atoms with E-state index >= 15 is 0 Å². The molecule has 16 heavy (non-hydrogen) atoms. The van der Waals surface area contributed by atoms with Gasteiger partial charge in [0.2, 0.25) is 0 Å². The Hall–Kier alpha value is -0.430. The molecular weight excluding hydrogens is 305 g/mol. The Bertz CT molecular complexity index is 465. The fourth-order valence-corrected chi connectivity index (χ4v) is 2.18. The summed E-state index contributed by atoms with van der Waals surface area (Å²) in [6.45, 7) is 0. The summed E-state index contributed by atoms with van der Waals surface area (Å²) in [4.78, 5) is 6.45. The first-order chi connectivity index (χ1) is 7.37. The molecule has 1 fully saturated rings. The van der Waals surface area contributed by atoms with Gasteiger partial charge in [-0.3, -0.25) is 0 Å². The van der Waals surface area contributed by atoms with Crippen LogP contribution in [0.25, 0.3) is 0 Å². The van der Waals surface area contributed by atoms with Gasteiger partial charge in [0.25, 0.3) is 0 Å². The molecule has 0 saturated heterocycles. The normalized spacial score (nSPS) is 16.5. The van der Waals surface area contributed by atoms with E-state index in [2.05, 4.69) is 25.9 Å². The van der Waals surface area contributed by atoms with Gasteiger partial charge in [0.15, 0.2) is 0 Å². The summed E-state index contributed by atoms with van der Waals surface area (Å²) in [7, 11) is 0. The third-order valence-electron chi connectivity index (χ3n) is 2.29. The van der Waals surface area contributed by atoms with Crippen molar-refractivity contribution in [2.24, 2.45) is 0 Å². The summed E-state index contributed by atoms with van der Waals surface area (Å²) in [5, 5.41) is 0. The number of H-pyrrole nitrogens is 1. The van der Waals surface area contributed by atoms with Gasteiger partial charge in [-0.1, -0.05) is 12.2 Å². The molecule has 2 rings (SSSR count). The number of aromatic nitrogens is 2. The number of alkyl halides is 3. The van der Waals surface area contributed by atoms with Crippen molar-refractivity contribution >= 4 is 28.1 Å². The lowest BCUT2D eigenvalue weighted by molar-refractivity contribution is -0.128. The lowest BCUT2D eigenvalue weighted by Gasteiger charge is -2.09. The van der Waals surface area contributed by atoms with Crippen LogP contribution in [0.3, 0.4) is 0 Å². The topological polar surface area (TPSA) is 28.7 Å². The molecule has 0 amide bonds. The molecule has 0 aromatic carbocycles. The minimum Gasteiger partial charge on any atom is -0.346 e. The molecule has 0 bridgehead atoms. The second kappa shape index (κ2) is 4.10. The van der Waals surface area contributed by atoms with Crippen LogP contribution in [0.4, 0.5) is 13.2 Å². The zero-order valence-corrected chi connectivity index (χ0v) is 10.5. The van der Waals surface area contributed by atoms with Crippen molar-refractivity contribution < 1.29 is 13.2 Å². The fraction of sp³-hybridized carbons (Fsp3) is 0.556. The second-order valence-corrected chi connectivity index (χ2v) is 4.96. The highest BCUT2D eigenvalue weighted by atomic mass is 79.9. The maximum Gasteiger partial charge on any atom is 0.396 e. The van der Waals surface area contributed by atoms with Crippen LogP contribution in [-0.2, 0) is 6.42 Å². The Labute approximate surface area is 103 Å². The second-order valence-electron chi connectivity index (χ2n) is 3.78. The minimum atomic E-state index is -4.26. The van der Waals surface area contributed by atoms with Gasteiger partial charge in [0.05, 0.1) is 4.47 Å². The van der Waals surface area contributed by atoms with Crippen LogP contribution in [0.15, 0.2) is 4.47 Å². The monoisotopic (exact) mass is 312 g/mol. The molecule has 1 aromatic rings. The number of nitrogens with one attached hydrogen (secondary N) is 1. The Morgan fingerprint density at radius 1 is 1.44 bits per heavy atom. The number of nitrogens with zero attached hydrogens (tertiary/aromatic N) is 1. The van der Waals surface area contributed by atoms with Gasteiger partial charge in [-0.15, -0.1) is 0 Å². The van der Waals surface area contributed by atoms with Crippen LogP contribution in [0, 0.1) is 4.64 Å². The van der Waals surface area contributed by atoms with Crippen LogP contribution < -0.4 is 0 Å². The lowest BCUT2D eigenvalue weighted by Crippen LogP contribution is -2.15. The summed E-state index contributed by atoms with van der Waals surface area (Å²) in [6.07, 6.45) is -3.36. The lowest BCUT2D eigenvalue weighted by atomic mass is 10.2. The van der Waals surface area contributed by atoms with Gasteiger partial charge in [-0.05, 0) is 28.8 Å². The SMILES string of the molecule is FC(F)(F)Cc1nc(=S)c(Br)c(C2CC2)[nH]1. The third-order valence-corrected chi connectivity index (χ3v) is 3.65. The highest BCUT2D eigenvalue weighted by molar-refractivity contribution is 9.10. The molecule has 1 heterocycles. The van der Waals surface area contributed by atoms with E-state index in [-0.39, 0.29) is 10.5 Å². The Kier molecular flexibility index (Phi) is 3.09. The summed E-state index contributed by atoms with van der Waals surface area (Å²) < 4.78 is 37.5. The van der Waals surface area contributed by atoms with Crippen molar-refractivity contribution in [3.63, 3.8) is 0 Å². The van der Waals surface area contributed by atoms with Gasteiger partial charge >= 0.3 is 6.18 Å². The van der Waals surface area contributed by atoms with E-state index in [0.717, 1.165) is 18.5 Å². The predicted octanol–water partition coefficient (Wildman–Crippen LogP) is 3.88. The van der Waals surface area contributed by atoms with E-state index in [9.17, 15) is 13.2 Å². The molecule has 1 aliphatic carbocycles. The zero-order valence-electron chi connectivity index (χ0n) is 8.07. The van der Waals surface area contributed by atoms with Crippen molar-refractivity contribution in [3.05, 3.63) is 20.6 Å². The third kappa shape index (κ3) is 2.82. The first-order valence-electron chi connectivity index (χ1n) is 4.72. The van der Waals surface area contributed by atoms with Crippen molar-refractivity contribution in [2.75, 3.05) is 0 Å². The van der Waals surface area contributed by atoms with Gasteiger partial charge in [-0.25, -0.2) is 4.98 Å². The Morgan fingerprint density at radius 2 is 2.06 bits per heavy atom. The molecule has 0 aliphatic heterocycles. The molecule has 0 radical (unpaired) electrons. The maximum absolute atomic E-state index is 12.2. The number of hydrogen-bond donors (Lipinski definition) is 1. The van der Waals surface area contributed by atoms with E-state index in [1.165, 1.54) is 0 Å². The van der Waals surface area contributed by atoms with E-state index < -0.39 is 12.6 Å². The largest absolute Gasteiger partial charge is 0.396 e.